The second kappa shape index (κ2) is 10.6. The minimum absolute atomic E-state index is 0.0211. The minimum atomic E-state index is -0.326. The molecule has 1 amide bonds. The molecule has 1 atom stereocenters. The Morgan fingerprint density at radius 2 is 1.69 bits per heavy atom. The summed E-state index contributed by atoms with van der Waals surface area (Å²) in [5.41, 5.74) is 1.34. The van der Waals surface area contributed by atoms with Gasteiger partial charge in [0, 0.05) is 31.9 Å². The molecule has 7 heteroatoms. The molecule has 0 bridgehead atoms. The number of nitrogens with zero attached hydrogens (tertiary/aromatic N) is 2. The van der Waals surface area contributed by atoms with Crippen molar-refractivity contribution in [1.82, 2.24) is 9.80 Å². The quantitative estimate of drug-likeness (QED) is 0.596. The first kappa shape index (κ1) is 21.6. The van der Waals surface area contributed by atoms with Crippen LogP contribution in [0.15, 0.2) is 24.3 Å². The number of hydrogen-bond acceptors (Lipinski definition) is 4. The van der Waals surface area contributed by atoms with Crippen LogP contribution >= 0.6 is 12.2 Å². The maximum absolute atomic E-state index is 13.0. The predicted octanol–water partition coefficient (Wildman–Crippen LogP) is 3.67. The lowest BCUT2D eigenvalue weighted by Gasteiger charge is -2.36. The summed E-state index contributed by atoms with van der Waals surface area (Å²) in [5.74, 6) is -0.0153. The molecule has 2 aliphatic rings. The number of carbonyl (C=O) groups is 2. The number of nitrogens with one attached hydrogen (secondary N) is 1. The normalized spacial score (nSPS) is 20.0. The number of likely N-dealkylation sites (tertiary alicyclic amines) is 2. The highest BCUT2D eigenvalue weighted by molar-refractivity contribution is 7.80. The average Bonchev–Trinajstić information content (AvgIpc) is 3.03. The predicted molar refractivity (Wildman–Crippen MR) is 118 cm³/mol. The monoisotopic (exact) mass is 417 g/mol. The van der Waals surface area contributed by atoms with Gasteiger partial charge in [-0.1, -0.05) is 12.8 Å². The number of benzene rings is 1. The zero-order valence-corrected chi connectivity index (χ0v) is 18.0. The van der Waals surface area contributed by atoms with Crippen LogP contribution in [0.1, 0.15) is 55.8 Å². The number of esters is 1. The van der Waals surface area contributed by atoms with Gasteiger partial charge in [0.05, 0.1) is 18.1 Å². The first-order chi connectivity index (χ1) is 14.1. The van der Waals surface area contributed by atoms with Gasteiger partial charge in [-0.05, 0) is 69.1 Å². The summed E-state index contributed by atoms with van der Waals surface area (Å²) in [5, 5.41) is 3.87. The van der Waals surface area contributed by atoms with Crippen LogP contribution in [0.5, 0.6) is 0 Å². The molecule has 1 unspecified atom stereocenters. The summed E-state index contributed by atoms with van der Waals surface area (Å²) in [6.45, 7) is 5.46. The summed E-state index contributed by atoms with van der Waals surface area (Å²) in [4.78, 5) is 28.9. The van der Waals surface area contributed by atoms with Crippen LogP contribution in [-0.4, -0.2) is 59.6 Å². The first-order valence-corrected chi connectivity index (χ1v) is 11.1. The fourth-order valence-corrected chi connectivity index (χ4v) is 4.30. The summed E-state index contributed by atoms with van der Waals surface area (Å²) in [6, 6.07) is 7.10. The molecule has 2 saturated heterocycles. The molecule has 1 aromatic carbocycles. The molecule has 1 N–H and O–H groups in total. The van der Waals surface area contributed by atoms with E-state index in [2.05, 4.69) is 15.1 Å². The average molecular weight is 418 g/mol. The molecule has 0 aromatic heterocycles. The topological polar surface area (TPSA) is 61.9 Å². The Morgan fingerprint density at radius 3 is 2.34 bits per heavy atom. The summed E-state index contributed by atoms with van der Waals surface area (Å²) in [6.07, 6.45) is 6.58. The third-order valence-electron chi connectivity index (χ3n) is 5.62. The Kier molecular flexibility index (Phi) is 7.86. The second-order valence-corrected chi connectivity index (χ2v) is 8.14. The van der Waals surface area contributed by atoms with Crippen LogP contribution in [0.2, 0.25) is 0 Å². The maximum atomic E-state index is 13.0. The van der Waals surface area contributed by atoms with E-state index in [9.17, 15) is 9.59 Å². The van der Waals surface area contributed by atoms with Crippen molar-refractivity contribution in [3.8, 4) is 0 Å². The van der Waals surface area contributed by atoms with Gasteiger partial charge in [0.1, 0.15) is 0 Å². The Labute approximate surface area is 178 Å². The highest BCUT2D eigenvalue weighted by Crippen LogP contribution is 2.22. The molecule has 3 rings (SSSR count). The first-order valence-electron chi connectivity index (χ1n) is 10.7. The number of amides is 1. The number of carbonyl (C=O) groups excluding carboxylic acids is 2. The van der Waals surface area contributed by atoms with E-state index in [1.54, 1.807) is 19.1 Å². The van der Waals surface area contributed by atoms with E-state index in [1.165, 1.54) is 12.8 Å². The fraction of sp³-hybridized carbons (Fsp3) is 0.591. The third-order valence-corrected chi connectivity index (χ3v) is 5.98. The van der Waals surface area contributed by atoms with Crippen molar-refractivity contribution in [2.45, 2.75) is 45.4 Å². The van der Waals surface area contributed by atoms with Gasteiger partial charge >= 0.3 is 5.97 Å². The molecule has 2 aliphatic heterocycles. The SMILES string of the molecule is CCOC(=O)c1ccc(NC(=S)N2CCCC(C(=O)N3CCCCCC3)C2)cc1. The van der Waals surface area contributed by atoms with E-state index in [-0.39, 0.29) is 17.8 Å². The van der Waals surface area contributed by atoms with Crippen molar-refractivity contribution in [1.29, 1.82) is 0 Å². The van der Waals surface area contributed by atoms with Gasteiger partial charge in [-0.15, -0.1) is 0 Å². The van der Waals surface area contributed by atoms with E-state index >= 15 is 0 Å². The smallest absolute Gasteiger partial charge is 0.338 e. The Morgan fingerprint density at radius 1 is 1.03 bits per heavy atom. The summed E-state index contributed by atoms with van der Waals surface area (Å²) in [7, 11) is 0. The lowest BCUT2D eigenvalue weighted by atomic mass is 9.96. The summed E-state index contributed by atoms with van der Waals surface area (Å²) < 4.78 is 5.01. The van der Waals surface area contributed by atoms with Crippen molar-refractivity contribution in [2.75, 3.05) is 38.1 Å². The van der Waals surface area contributed by atoms with Crippen LogP contribution in [0, 0.1) is 5.92 Å². The molecule has 6 nitrogen and oxygen atoms in total. The van der Waals surface area contributed by atoms with E-state index < -0.39 is 0 Å². The van der Waals surface area contributed by atoms with Crippen LogP contribution < -0.4 is 5.32 Å². The Balaban J connectivity index is 1.55. The fourth-order valence-electron chi connectivity index (χ4n) is 4.02. The molecule has 0 aliphatic carbocycles. The highest BCUT2D eigenvalue weighted by atomic mass is 32.1. The molecule has 0 radical (unpaired) electrons. The second-order valence-electron chi connectivity index (χ2n) is 7.75. The largest absolute Gasteiger partial charge is 0.462 e. The van der Waals surface area contributed by atoms with Crippen LogP contribution in [0.3, 0.4) is 0 Å². The van der Waals surface area contributed by atoms with Gasteiger partial charge in [0.25, 0.3) is 0 Å². The zero-order chi connectivity index (χ0) is 20.6. The molecular weight excluding hydrogens is 386 g/mol. The zero-order valence-electron chi connectivity index (χ0n) is 17.2. The molecular formula is C22H31N3O3S. The standard InChI is InChI=1S/C22H31N3O3S/c1-2-28-21(27)17-9-11-19(12-10-17)23-22(29)25-15-7-8-18(16-25)20(26)24-13-5-3-4-6-14-24/h9-12,18H,2-8,13-16H2,1H3,(H,23,29). The van der Waals surface area contributed by atoms with E-state index in [0.29, 0.717) is 23.8 Å². The molecule has 2 heterocycles. The molecule has 0 spiro atoms. The van der Waals surface area contributed by atoms with Crippen molar-refractivity contribution in [3.05, 3.63) is 29.8 Å². The lowest BCUT2D eigenvalue weighted by molar-refractivity contribution is -0.136. The van der Waals surface area contributed by atoms with Gasteiger partial charge in [-0.3, -0.25) is 4.79 Å². The van der Waals surface area contributed by atoms with Gasteiger partial charge in [-0.25, -0.2) is 4.79 Å². The number of piperidine rings is 1. The van der Waals surface area contributed by atoms with Gasteiger partial charge in [0.2, 0.25) is 5.91 Å². The van der Waals surface area contributed by atoms with Crippen LogP contribution in [0.4, 0.5) is 5.69 Å². The number of ether oxygens (including phenoxy) is 1. The highest BCUT2D eigenvalue weighted by Gasteiger charge is 2.30. The minimum Gasteiger partial charge on any atom is -0.462 e. The molecule has 158 valence electrons. The maximum Gasteiger partial charge on any atom is 0.338 e. The summed E-state index contributed by atoms with van der Waals surface area (Å²) >= 11 is 5.60. The van der Waals surface area contributed by atoms with E-state index in [4.69, 9.17) is 17.0 Å². The van der Waals surface area contributed by atoms with Crippen LogP contribution in [-0.2, 0) is 9.53 Å². The lowest BCUT2D eigenvalue weighted by Crippen LogP contribution is -2.48. The number of thiocarbonyl (C=S) groups is 1. The number of rotatable bonds is 4. The third kappa shape index (κ3) is 5.92. The van der Waals surface area contributed by atoms with Crippen LogP contribution in [0.25, 0.3) is 0 Å². The van der Waals surface area contributed by atoms with Crippen molar-refractivity contribution < 1.29 is 14.3 Å². The molecule has 1 aromatic rings. The Hall–Kier alpha value is -2.15. The van der Waals surface area contributed by atoms with E-state index in [0.717, 1.165) is 51.0 Å². The molecule has 29 heavy (non-hydrogen) atoms. The number of hydrogen-bond donors (Lipinski definition) is 1. The molecule has 0 saturated carbocycles. The van der Waals surface area contributed by atoms with Gasteiger partial charge < -0.3 is 19.9 Å². The number of anilines is 1. The van der Waals surface area contributed by atoms with Gasteiger partial charge in [0.15, 0.2) is 5.11 Å². The van der Waals surface area contributed by atoms with E-state index in [1.807, 2.05) is 12.1 Å². The van der Waals surface area contributed by atoms with Crippen molar-refractivity contribution >= 4 is 34.9 Å². The van der Waals surface area contributed by atoms with Crippen molar-refractivity contribution in [3.63, 3.8) is 0 Å². The van der Waals surface area contributed by atoms with Gasteiger partial charge in [-0.2, -0.15) is 0 Å². The van der Waals surface area contributed by atoms with Crippen molar-refractivity contribution in [2.24, 2.45) is 5.92 Å². The molecule has 2 fully saturated rings. The Bertz CT molecular complexity index is 715.